The lowest BCUT2D eigenvalue weighted by Crippen LogP contribution is -2.60. The summed E-state index contributed by atoms with van der Waals surface area (Å²) in [6.07, 6.45) is 21.6. The van der Waals surface area contributed by atoms with Gasteiger partial charge in [0, 0.05) is 23.8 Å². The molecule has 0 spiro atoms. The fourth-order valence-electron chi connectivity index (χ4n) is 8.75. The van der Waals surface area contributed by atoms with Crippen molar-refractivity contribution < 1.29 is 14.7 Å². The van der Waals surface area contributed by atoms with Crippen LogP contribution in [0.1, 0.15) is 143 Å². The summed E-state index contributed by atoms with van der Waals surface area (Å²) in [5.74, 6) is 1.44. The SMILES string of the molecule is CCCCCCCC1CC2CCC3=C(C(=O)OCCCCCCCC4CC5CCC6CC(C)N=C(N4O)N65)C(C)=NC(=N1)N32. The van der Waals surface area contributed by atoms with Gasteiger partial charge in [-0.05, 0) is 78.1 Å². The summed E-state index contributed by atoms with van der Waals surface area (Å²) in [4.78, 5) is 32.5. The molecule has 3 fully saturated rings. The number of guanidine groups is 2. The zero-order valence-electron chi connectivity index (χ0n) is 27.6. The summed E-state index contributed by atoms with van der Waals surface area (Å²) in [5.41, 5.74) is 2.52. The second-order valence-electron chi connectivity index (χ2n) is 14.3. The Morgan fingerprint density at radius 2 is 1.61 bits per heavy atom. The molecule has 0 aliphatic carbocycles. The molecule has 0 amide bonds. The van der Waals surface area contributed by atoms with E-state index in [-0.39, 0.29) is 12.0 Å². The predicted molar refractivity (Wildman–Crippen MR) is 175 cm³/mol. The summed E-state index contributed by atoms with van der Waals surface area (Å²) in [7, 11) is 0. The van der Waals surface area contributed by atoms with E-state index in [2.05, 4.69) is 23.6 Å². The van der Waals surface area contributed by atoms with Gasteiger partial charge in [0.1, 0.15) is 5.57 Å². The largest absolute Gasteiger partial charge is 0.462 e. The molecule has 6 rings (SSSR count). The molecule has 3 saturated heterocycles. The third kappa shape index (κ3) is 6.73. The zero-order valence-corrected chi connectivity index (χ0v) is 27.6. The average molecular weight is 609 g/mol. The van der Waals surface area contributed by atoms with Crippen molar-refractivity contribution >= 4 is 23.6 Å². The molecule has 1 N–H and O–H groups in total. The highest BCUT2D eigenvalue weighted by Gasteiger charge is 2.47. The Balaban J connectivity index is 0.902. The van der Waals surface area contributed by atoms with Crippen LogP contribution in [0, 0.1) is 0 Å². The van der Waals surface area contributed by atoms with E-state index >= 15 is 0 Å². The van der Waals surface area contributed by atoms with E-state index in [0.29, 0.717) is 42.4 Å². The van der Waals surface area contributed by atoms with E-state index in [9.17, 15) is 10.0 Å². The van der Waals surface area contributed by atoms with E-state index in [1.807, 2.05) is 6.92 Å². The molecule has 0 aromatic carbocycles. The van der Waals surface area contributed by atoms with Gasteiger partial charge >= 0.3 is 5.97 Å². The molecule has 44 heavy (non-hydrogen) atoms. The Labute approximate surface area is 264 Å². The van der Waals surface area contributed by atoms with Gasteiger partial charge in [0.25, 0.3) is 0 Å². The minimum Gasteiger partial charge on any atom is -0.462 e. The number of allylic oxidation sites excluding steroid dienone is 1. The number of nitrogens with zero attached hydrogens (tertiary/aromatic N) is 6. The lowest BCUT2D eigenvalue weighted by molar-refractivity contribution is -0.138. The number of hydroxylamine groups is 2. The van der Waals surface area contributed by atoms with Gasteiger partial charge in [0.05, 0.1) is 30.4 Å². The Kier molecular flexibility index (Phi) is 10.3. The van der Waals surface area contributed by atoms with Gasteiger partial charge in [-0.1, -0.05) is 64.7 Å². The number of ether oxygens (including phenoxy) is 1. The number of carbonyl (C=O) groups excluding carboxylic acids is 1. The van der Waals surface area contributed by atoms with Gasteiger partial charge in [-0.25, -0.2) is 24.8 Å². The lowest BCUT2D eigenvalue weighted by Gasteiger charge is -2.47. The van der Waals surface area contributed by atoms with Crippen LogP contribution >= 0.6 is 0 Å². The van der Waals surface area contributed by atoms with Crippen molar-refractivity contribution in [1.29, 1.82) is 0 Å². The van der Waals surface area contributed by atoms with Crippen molar-refractivity contribution in [3.63, 3.8) is 0 Å². The van der Waals surface area contributed by atoms with Crippen LogP contribution in [-0.2, 0) is 9.53 Å². The highest BCUT2D eigenvalue weighted by Crippen LogP contribution is 2.41. The first-order chi connectivity index (χ1) is 21.4. The fourth-order valence-corrected chi connectivity index (χ4v) is 8.75. The van der Waals surface area contributed by atoms with Gasteiger partial charge in [0.15, 0.2) is 0 Å². The van der Waals surface area contributed by atoms with Crippen molar-refractivity contribution in [3.8, 4) is 0 Å². The minimum atomic E-state index is -0.220. The molecule has 0 radical (unpaired) electrons. The van der Waals surface area contributed by atoms with Crippen LogP contribution in [0.2, 0.25) is 0 Å². The predicted octanol–water partition coefficient (Wildman–Crippen LogP) is 7.00. The van der Waals surface area contributed by atoms with Crippen molar-refractivity contribution in [2.24, 2.45) is 15.0 Å². The summed E-state index contributed by atoms with van der Waals surface area (Å²) in [6, 6.07) is 2.36. The number of rotatable bonds is 15. The maximum Gasteiger partial charge on any atom is 0.341 e. The van der Waals surface area contributed by atoms with Crippen LogP contribution < -0.4 is 0 Å². The lowest BCUT2D eigenvalue weighted by atomic mass is 9.96. The van der Waals surface area contributed by atoms with E-state index in [0.717, 1.165) is 100 Å². The van der Waals surface area contributed by atoms with Gasteiger partial charge in [-0.15, -0.1) is 0 Å². The average Bonchev–Trinajstić information content (AvgIpc) is 3.61. The van der Waals surface area contributed by atoms with E-state index < -0.39 is 0 Å². The normalized spacial score (nSPS) is 30.6. The highest BCUT2D eigenvalue weighted by atomic mass is 16.5. The zero-order chi connectivity index (χ0) is 30.6. The van der Waals surface area contributed by atoms with E-state index in [1.54, 1.807) is 0 Å². The number of carbonyl (C=O) groups is 1. The molecule has 6 aliphatic heterocycles. The Morgan fingerprint density at radius 3 is 2.43 bits per heavy atom. The first-order valence-corrected chi connectivity index (χ1v) is 18.1. The molecule has 6 heterocycles. The van der Waals surface area contributed by atoms with Crippen molar-refractivity contribution in [3.05, 3.63) is 11.3 Å². The molecule has 6 atom stereocenters. The van der Waals surface area contributed by atoms with Crippen LogP contribution in [0.4, 0.5) is 0 Å². The number of unbranched alkanes of at least 4 members (excludes halogenated alkanes) is 8. The van der Waals surface area contributed by atoms with Crippen LogP contribution in [0.5, 0.6) is 0 Å². The first kappa shape index (κ1) is 31.6. The fraction of sp³-hybridized carbons (Fsp3) is 0.829. The molecule has 9 nitrogen and oxygen atoms in total. The number of aliphatic imine (C=N–C) groups is 3. The second-order valence-corrected chi connectivity index (χ2v) is 14.3. The van der Waals surface area contributed by atoms with Crippen LogP contribution in [0.3, 0.4) is 0 Å². The molecule has 6 unspecified atom stereocenters. The Hall–Kier alpha value is -2.42. The van der Waals surface area contributed by atoms with Crippen molar-refractivity contribution in [2.75, 3.05) is 6.61 Å². The van der Waals surface area contributed by atoms with E-state index in [1.165, 1.54) is 50.0 Å². The monoisotopic (exact) mass is 608 g/mol. The summed E-state index contributed by atoms with van der Waals surface area (Å²) in [6.45, 7) is 6.82. The standard InChI is InChI=1S/C35H56N6O3/c1-4-5-6-8-11-14-26-22-28-18-19-31-32(25(3)37-34(38-26)40(28)31)33(42)44-20-13-10-7-9-12-15-30-23-29-17-16-27-21-24(2)36-35(39(27)29)41(30)43/h24,26-30,43H,4-23H2,1-3H3. The van der Waals surface area contributed by atoms with Gasteiger partial charge in [0.2, 0.25) is 11.9 Å². The molecule has 6 aliphatic rings. The Morgan fingerprint density at radius 1 is 0.886 bits per heavy atom. The third-order valence-electron chi connectivity index (χ3n) is 11.0. The van der Waals surface area contributed by atoms with Gasteiger partial charge < -0.3 is 14.5 Å². The van der Waals surface area contributed by atoms with Crippen molar-refractivity contribution in [1.82, 2.24) is 14.9 Å². The minimum absolute atomic E-state index is 0.178. The first-order valence-electron chi connectivity index (χ1n) is 18.1. The molecule has 9 heteroatoms. The Bertz CT molecular complexity index is 1160. The topological polar surface area (TPSA) is 93.3 Å². The van der Waals surface area contributed by atoms with E-state index in [4.69, 9.17) is 19.7 Å². The molecule has 0 aromatic heterocycles. The quantitative estimate of drug-likeness (QED) is 0.159. The highest BCUT2D eigenvalue weighted by molar-refractivity contribution is 6.23. The second kappa shape index (κ2) is 14.3. The molecule has 0 aromatic rings. The smallest absolute Gasteiger partial charge is 0.341 e. The van der Waals surface area contributed by atoms with Gasteiger partial charge in [-0.2, -0.15) is 0 Å². The molecular weight excluding hydrogens is 552 g/mol. The summed E-state index contributed by atoms with van der Waals surface area (Å²) in [5, 5.41) is 12.5. The van der Waals surface area contributed by atoms with Crippen molar-refractivity contribution in [2.45, 2.75) is 179 Å². The number of hydrogen-bond acceptors (Lipinski definition) is 9. The molecule has 244 valence electrons. The van der Waals surface area contributed by atoms with Crippen LogP contribution in [-0.4, -0.2) is 86.5 Å². The molecule has 0 bridgehead atoms. The number of hydrogen-bond donors (Lipinski definition) is 1. The van der Waals surface area contributed by atoms with Crippen LogP contribution in [0.15, 0.2) is 26.2 Å². The molecular formula is C35H56N6O3. The number of esters is 1. The maximum atomic E-state index is 13.2. The molecule has 0 saturated carbocycles. The summed E-state index contributed by atoms with van der Waals surface area (Å²) >= 11 is 0. The van der Waals surface area contributed by atoms with Gasteiger partial charge in [-0.3, -0.25) is 5.21 Å². The van der Waals surface area contributed by atoms with Crippen LogP contribution in [0.25, 0.3) is 0 Å². The third-order valence-corrected chi connectivity index (χ3v) is 11.0. The maximum absolute atomic E-state index is 13.2. The summed E-state index contributed by atoms with van der Waals surface area (Å²) < 4.78 is 5.79.